The van der Waals surface area contributed by atoms with E-state index in [2.05, 4.69) is 10.3 Å². The zero-order valence-corrected chi connectivity index (χ0v) is 16.2. The lowest BCUT2D eigenvalue weighted by molar-refractivity contribution is -0.123. The Hall–Kier alpha value is -1.35. The van der Waals surface area contributed by atoms with Gasteiger partial charge < -0.3 is 5.32 Å². The lowest BCUT2D eigenvalue weighted by atomic mass is 10.2. The van der Waals surface area contributed by atoms with Crippen molar-refractivity contribution in [1.82, 2.24) is 10.2 Å². The Balaban J connectivity index is 1.61. The van der Waals surface area contributed by atoms with Crippen molar-refractivity contribution in [3.8, 4) is 0 Å². The zero-order chi connectivity index (χ0) is 17.8. The first-order valence-electron chi connectivity index (χ1n) is 7.51. The van der Waals surface area contributed by atoms with Crippen molar-refractivity contribution in [2.24, 2.45) is 4.99 Å². The molecule has 1 aromatic rings. The van der Waals surface area contributed by atoms with Gasteiger partial charge in [-0.2, -0.15) is 0 Å². The summed E-state index contributed by atoms with van der Waals surface area (Å²) in [7, 11) is 0. The Bertz CT molecular complexity index is 795. The summed E-state index contributed by atoms with van der Waals surface area (Å²) < 4.78 is 0.448. The molecule has 1 fully saturated rings. The molecule has 2 heterocycles. The second-order valence-electron chi connectivity index (χ2n) is 5.19. The normalized spacial score (nSPS) is 18.8. The van der Waals surface area contributed by atoms with Crippen LogP contribution in [0, 0.1) is 0 Å². The summed E-state index contributed by atoms with van der Waals surface area (Å²) in [5.74, 6) is 0.518. The molecule has 0 spiro atoms. The van der Waals surface area contributed by atoms with Crippen molar-refractivity contribution in [3.63, 3.8) is 0 Å². The number of carbonyl (C=O) groups excluding carboxylic acids is 2. The number of thiocarbonyl (C=S) groups is 1. The number of benzene rings is 1. The van der Waals surface area contributed by atoms with E-state index >= 15 is 0 Å². The highest BCUT2D eigenvalue weighted by Gasteiger charge is 2.32. The first kappa shape index (κ1) is 18.4. The van der Waals surface area contributed by atoms with Crippen LogP contribution in [0.25, 0.3) is 6.08 Å². The predicted molar refractivity (Wildman–Crippen MR) is 109 cm³/mol. The Morgan fingerprint density at radius 1 is 1.44 bits per heavy atom. The summed E-state index contributed by atoms with van der Waals surface area (Å²) >= 11 is 14.1. The van der Waals surface area contributed by atoms with Crippen LogP contribution in [0.1, 0.15) is 12.0 Å². The summed E-state index contributed by atoms with van der Waals surface area (Å²) in [6, 6.07) is 7.29. The van der Waals surface area contributed by atoms with Gasteiger partial charge in [-0.3, -0.25) is 19.5 Å². The number of nitrogens with zero attached hydrogens (tertiary/aromatic N) is 2. The molecule has 0 atom stereocenters. The first-order valence-corrected chi connectivity index (χ1v) is 10.1. The molecular weight excluding hydrogens is 398 g/mol. The highest BCUT2D eigenvalue weighted by Crippen LogP contribution is 2.33. The fraction of sp³-hybridized carbons (Fsp3) is 0.250. The third kappa shape index (κ3) is 4.63. The molecule has 0 saturated carbocycles. The molecule has 5 nitrogen and oxygen atoms in total. The van der Waals surface area contributed by atoms with E-state index in [0.29, 0.717) is 19.4 Å². The number of hydrogen-bond donors (Lipinski definition) is 1. The lowest BCUT2D eigenvalue weighted by Crippen LogP contribution is -2.34. The number of thioether (sulfide) groups is 2. The Kier molecular flexibility index (Phi) is 6.16. The monoisotopic (exact) mass is 411 g/mol. The van der Waals surface area contributed by atoms with Crippen LogP contribution >= 0.6 is 47.3 Å². The van der Waals surface area contributed by atoms with Crippen LogP contribution in [0.15, 0.2) is 34.2 Å². The lowest BCUT2D eigenvalue weighted by Gasteiger charge is -2.13. The molecular formula is C16H14ClN3O2S3. The van der Waals surface area contributed by atoms with E-state index in [0.717, 1.165) is 17.9 Å². The van der Waals surface area contributed by atoms with Gasteiger partial charge in [-0.15, -0.1) is 0 Å². The SMILES string of the molecule is O=C(CCN1C(=O)/C(=C/c2ccccc2Cl)SC1=S)NC1=NCCS1. The summed E-state index contributed by atoms with van der Waals surface area (Å²) in [5, 5.41) is 3.96. The van der Waals surface area contributed by atoms with Crippen LogP contribution in [-0.4, -0.2) is 45.0 Å². The first-order chi connectivity index (χ1) is 12.0. The molecule has 2 aliphatic heterocycles. The topological polar surface area (TPSA) is 61.8 Å². The van der Waals surface area contributed by atoms with Gasteiger partial charge in [0, 0.05) is 23.7 Å². The van der Waals surface area contributed by atoms with Crippen LogP contribution in [0.5, 0.6) is 0 Å². The number of amidine groups is 1. The molecule has 25 heavy (non-hydrogen) atoms. The number of aliphatic imine (C=N–C) groups is 1. The average molecular weight is 412 g/mol. The zero-order valence-electron chi connectivity index (χ0n) is 13.0. The van der Waals surface area contributed by atoms with Gasteiger partial charge in [-0.05, 0) is 17.7 Å². The Morgan fingerprint density at radius 3 is 2.96 bits per heavy atom. The van der Waals surface area contributed by atoms with Crippen LogP contribution in [0.2, 0.25) is 5.02 Å². The van der Waals surface area contributed by atoms with Gasteiger partial charge in [0.25, 0.3) is 5.91 Å². The summed E-state index contributed by atoms with van der Waals surface area (Å²) in [4.78, 5) is 30.6. The standard InChI is InChI=1S/C16H14ClN3O2S3/c17-11-4-2-1-3-10(11)9-12-14(22)20(16(23)25-12)7-5-13(21)19-15-18-6-8-24-15/h1-4,9H,5-8H2,(H,18,19,21)/b12-9-. The fourth-order valence-electron chi connectivity index (χ4n) is 2.23. The number of amides is 2. The van der Waals surface area contributed by atoms with Gasteiger partial charge >= 0.3 is 0 Å². The third-order valence-corrected chi connectivity index (χ3v) is 6.07. The number of carbonyl (C=O) groups is 2. The largest absolute Gasteiger partial charge is 0.305 e. The molecule has 0 radical (unpaired) electrons. The molecule has 1 aromatic carbocycles. The van der Waals surface area contributed by atoms with Gasteiger partial charge in [-0.1, -0.05) is 65.5 Å². The third-order valence-electron chi connectivity index (χ3n) is 3.46. The summed E-state index contributed by atoms with van der Waals surface area (Å²) in [6.07, 6.45) is 1.90. The quantitative estimate of drug-likeness (QED) is 0.609. The number of nitrogens with one attached hydrogen (secondary N) is 1. The molecule has 2 amide bonds. The minimum atomic E-state index is -0.199. The Labute approximate surface area is 164 Å². The van der Waals surface area contributed by atoms with Crippen molar-refractivity contribution in [1.29, 1.82) is 0 Å². The molecule has 3 rings (SSSR count). The van der Waals surface area contributed by atoms with Gasteiger partial charge in [-0.25, -0.2) is 0 Å². The molecule has 0 unspecified atom stereocenters. The smallest absolute Gasteiger partial charge is 0.266 e. The van der Waals surface area contributed by atoms with E-state index in [1.54, 1.807) is 12.1 Å². The van der Waals surface area contributed by atoms with Crippen LogP contribution in [-0.2, 0) is 9.59 Å². The molecule has 0 bridgehead atoms. The van der Waals surface area contributed by atoms with E-state index in [1.165, 1.54) is 28.4 Å². The fourth-order valence-corrected chi connectivity index (χ4v) is 4.47. The van der Waals surface area contributed by atoms with Gasteiger partial charge in [0.1, 0.15) is 4.32 Å². The second-order valence-corrected chi connectivity index (χ2v) is 8.35. The van der Waals surface area contributed by atoms with Crippen molar-refractivity contribution >= 4 is 74.7 Å². The summed E-state index contributed by atoms with van der Waals surface area (Å²) in [5.41, 5.74) is 0.763. The number of rotatable bonds is 4. The van der Waals surface area contributed by atoms with E-state index in [-0.39, 0.29) is 24.8 Å². The van der Waals surface area contributed by atoms with Crippen molar-refractivity contribution in [2.75, 3.05) is 18.8 Å². The maximum absolute atomic E-state index is 12.5. The highest BCUT2D eigenvalue weighted by molar-refractivity contribution is 8.26. The highest BCUT2D eigenvalue weighted by atomic mass is 35.5. The molecule has 9 heteroatoms. The Morgan fingerprint density at radius 2 is 2.24 bits per heavy atom. The molecule has 1 saturated heterocycles. The second kappa shape index (κ2) is 8.35. The van der Waals surface area contributed by atoms with Crippen molar-refractivity contribution in [3.05, 3.63) is 39.8 Å². The molecule has 1 N–H and O–H groups in total. The molecule has 2 aliphatic rings. The van der Waals surface area contributed by atoms with E-state index in [1.807, 2.05) is 18.2 Å². The number of hydrogen-bond acceptors (Lipinski definition) is 6. The van der Waals surface area contributed by atoms with E-state index < -0.39 is 0 Å². The van der Waals surface area contributed by atoms with Crippen LogP contribution in [0.4, 0.5) is 0 Å². The maximum Gasteiger partial charge on any atom is 0.266 e. The molecule has 0 aliphatic carbocycles. The average Bonchev–Trinajstić information content (AvgIpc) is 3.17. The minimum Gasteiger partial charge on any atom is -0.305 e. The van der Waals surface area contributed by atoms with Crippen LogP contribution < -0.4 is 5.32 Å². The summed E-state index contributed by atoms with van der Waals surface area (Å²) in [6.45, 7) is 0.968. The number of halogens is 1. The van der Waals surface area contributed by atoms with Crippen molar-refractivity contribution < 1.29 is 9.59 Å². The maximum atomic E-state index is 12.5. The van der Waals surface area contributed by atoms with Crippen LogP contribution in [0.3, 0.4) is 0 Å². The molecule has 130 valence electrons. The van der Waals surface area contributed by atoms with Crippen molar-refractivity contribution in [2.45, 2.75) is 6.42 Å². The van der Waals surface area contributed by atoms with Gasteiger partial charge in [0.05, 0.1) is 11.4 Å². The predicted octanol–water partition coefficient (Wildman–Crippen LogP) is 3.15. The van der Waals surface area contributed by atoms with E-state index in [4.69, 9.17) is 23.8 Å². The molecule has 0 aromatic heterocycles. The minimum absolute atomic E-state index is 0.169. The van der Waals surface area contributed by atoms with Gasteiger partial charge in [0.2, 0.25) is 5.91 Å². The van der Waals surface area contributed by atoms with E-state index in [9.17, 15) is 9.59 Å². The van der Waals surface area contributed by atoms with Gasteiger partial charge in [0.15, 0.2) is 5.17 Å².